The molecule has 0 spiro atoms. The van der Waals surface area contributed by atoms with Crippen LogP contribution in [0.2, 0.25) is 0 Å². The molecule has 3 atom stereocenters. The van der Waals surface area contributed by atoms with Gasteiger partial charge in [-0.2, -0.15) is 0 Å². The van der Waals surface area contributed by atoms with Crippen LogP contribution in [-0.2, 0) is 0 Å². The number of hydrogen-bond acceptors (Lipinski definition) is 3. The van der Waals surface area contributed by atoms with E-state index in [-0.39, 0.29) is 18.4 Å². The van der Waals surface area contributed by atoms with Gasteiger partial charge in [-0.1, -0.05) is 41.9 Å². The number of nitrogens with zero attached hydrogens (tertiary/aromatic N) is 1. The maximum Gasteiger partial charge on any atom is 0.137 e. The van der Waals surface area contributed by atoms with E-state index in [9.17, 15) is 15.0 Å². The van der Waals surface area contributed by atoms with Crippen LogP contribution in [0.3, 0.4) is 0 Å². The van der Waals surface area contributed by atoms with Gasteiger partial charge >= 0.3 is 0 Å². The van der Waals surface area contributed by atoms with Crippen molar-refractivity contribution in [2.24, 2.45) is 11.8 Å². The number of halogens is 1. The van der Waals surface area contributed by atoms with Crippen LogP contribution in [0.1, 0.15) is 31.7 Å². The first-order valence-electron chi connectivity index (χ1n) is 7.28. The molecule has 1 saturated heterocycles. The molecular weight excluding hydrogens is 334 g/mol. The predicted octanol–water partition coefficient (Wildman–Crippen LogP) is 2.21. The van der Waals surface area contributed by atoms with Gasteiger partial charge < -0.3 is 19.9 Å². The second-order valence-corrected chi connectivity index (χ2v) is 7.12. The molecule has 1 aliphatic rings. The van der Waals surface area contributed by atoms with Gasteiger partial charge in [-0.25, -0.2) is 0 Å². The number of aliphatic hydroxyl groups excluding tert-OH is 1. The maximum absolute atomic E-state index is 11.1. The van der Waals surface area contributed by atoms with Crippen molar-refractivity contribution < 1.29 is 15.0 Å². The second kappa shape index (κ2) is 6.79. The van der Waals surface area contributed by atoms with Crippen LogP contribution < -0.4 is 5.11 Å². The van der Waals surface area contributed by atoms with Gasteiger partial charge in [-0.15, -0.1) is 0 Å². The third-order valence-corrected chi connectivity index (χ3v) is 4.60. The summed E-state index contributed by atoms with van der Waals surface area (Å²) in [6, 6.07) is 7.92. The Morgan fingerprint density at radius 1 is 1.38 bits per heavy atom. The SMILES string of the molecule is CC(C)CC1CN(C(=O)[O-])CC(O)C1c1ccc(Br)cc1. The van der Waals surface area contributed by atoms with E-state index >= 15 is 0 Å². The van der Waals surface area contributed by atoms with E-state index in [2.05, 4.69) is 29.8 Å². The molecule has 21 heavy (non-hydrogen) atoms. The molecule has 3 unspecified atom stereocenters. The number of benzene rings is 1. The quantitative estimate of drug-likeness (QED) is 0.904. The molecule has 0 radical (unpaired) electrons. The monoisotopic (exact) mass is 354 g/mol. The Labute approximate surface area is 133 Å². The first kappa shape index (κ1) is 16.3. The summed E-state index contributed by atoms with van der Waals surface area (Å²) in [6.07, 6.45) is -1.01. The van der Waals surface area contributed by atoms with E-state index in [1.807, 2.05) is 24.3 Å². The van der Waals surface area contributed by atoms with Crippen molar-refractivity contribution in [3.8, 4) is 0 Å². The molecule has 4 nitrogen and oxygen atoms in total. The minimum Gasteiger partial charge on any atom is -0.530 e. The van der Waals surface area contributed by atoms with Crippen LogP contribution in [0.25, 0.3) is 0 Å². The van der Waals surface area contributed by atoms with Crippen molar-refractivity contribution in [2.75, 3.05) is 13.1 Å². The number of amides is 1. The summed E-state index contributed by atoms with van der Waals surface area (Å²) in [5.74, 6) is 0.519. The van der Waals surface area contributed by atoms with Gasteiger partial charge in [-0.3, -0.25) is 0 Å². The first-order valence-corrected chi connectivity index (χ1v) is 8.07. The van der Waals surface area contributed by atoms with Gasteiger partial charge in [0.1, 0.15) is 6.09 Å². The van der Waals surface area contributed by atoms with Crippen molar-refractivity contribution >= 4 is 22.0 Å². The Balaban J connectivity index is 2.27. The van der Waals surface area contributed by atoms with Crippen LogP contribution in [0.4, 0.5) is 4.79 Å². The van der Waals surface area contributed by atoms with Gasteiger partial charge in [0.25, 0.3) is 0 Å². The Bertz CT molecular complexity index is 489. The van der Waals surface area contributed by atoms with Gasteiger partial charge in [0.05, 0.1) is 6.10 Å². The number of likely N-dealkylation sites (tertiary alicyclic amines) is 1. The van der Waals surface area contributed by atoms with Crippen LogP contribution in [0.5, 0.6) is 0 Å². The summed E-state index contributed by atoms with van der Waals surface area (Å²) in [7, 11) is 0. The number of carboxylic acid groups (broad SMARTS) is 1. The Morgan fingerprint density at radius 2 is 2.00 bits per heavy atom. The standard InChI is InChI=1S/C16H22BrNO3/c1-10(2)7-12-8-18(16(20)21)9-14(19)15(12)11-3-5-13(17)6-4-11/h3-6,10,12,14-15,19H,7-9H2,1-2H3,(H,20,21)/p-1. The topological polar surface area (TPSA) is 63.6 Å². The van der Waals surface area contributed by atoms with Crippen LogP contribution in [0.15, 0.2) is 28.7 Å². The summed E-state index contributed by atoms with van der Waals surface area (Å²) in [6.45, 7) is 4.78. The van der Waals surface area contributed by atoms with Gasteiger partial charge in [-0.05, 0) is 36.0 Å². The fraction of sp³-hybridized carbons (Fsp3) is 0.562. The number of carbonyl (C=O) groups is 1. The second-order valence-electron chi connectivity index (χ2n) is 6.21. The molecule has 2 rings (SSSR count). The third kappa shape index (κ3) is 3.98. The van der Waals surface area contributed by atoms with Crippen molar-refractivity contribution in [3.05, 3.63) is 34.3 Å². The van der Waals surface area contributed by atoms with E-state index < -0.39 is 12.2 Å². The molecule has 1 aromatic carbocycles. The highest BCUT2D eigenvalue weighted by Gasteiger charge is 2.37. The number of β-amino-alcohol motifs (C(OH)–C–C–N with tert-alkyl or cyclic N) is 1. The third-order valence-electron chi connectivity index (χ3n) is 4.07. The maximum atomic E-state index is 11.1. The molecule has 1 aliphatic heterocycles. The van der Waals surface area contributed by atoms with Crippen molar-refractivity contribution in [1.29, 1.82) is 0 Å². The summed E-state index contributed by atoms with van der Waals surface area (Å²) >= 11 is 3.41. The van der Waals surface area contributed by atoms with Crippen LogP contribution in [0, 0.1) is 11.8 Å². The fourth-order valence-corrected chi connectivity index (χ4v) is 3.54. The highest BCUT2D eigenvalue weighted by Crippen LogP contribution is 2.37. The van der Waals surface area contributed by atoms with E-state index in [1.54, 1.807) is 0 Å². The first-order chi connectivity index (χ1) is 9.88. The molecule has 0 aliphatic carbocycles. The van der Waals surface area contributed by atoms with Crippen LogP contribution >= 0.6 is 15.9 Å². The van der Waals surface area contributed by atoms with E-state index in [0.29, 0.717) is 12.5 Å². The average molecular weight is 355 g/mol. The zero-order valence-corrected chi connectivity index (χ0v) is 13.9. The Kier molecular flexibility index (Phi) is 5.27. The van der Waals surface area contributed by atoms with Gasteiger partial charge in [0, 0.05) is 23.5 Å². The predicted molar refractivity (Wildman–Crippen MR) is 82.8 cm³/mol. The van der Waals surface area contributed by atoms with Gasteiger partial charge in [0.2, 0.25) is 0 Å². The highest BCUT2D eigenvalue weighted by molar-refractivity contribution is 9.10. The molecule has 1 amide bonds. The average Bonchev–Trinajstić information content (AvgIpc) is 2.39. The number of piperidine rings is 1. The van der Waals surface area contributed by atoms with E-state index in [1.165, 1.54) is 4.90 Å². The summed E-state index contributed by atoms with van der Waals surface area (Å²) < 4.78 is 0.994. The minimum absolute atomic E-state index is 0.0314. The number of rotatable bonds is 3. The largest absolute Gasteiger partial charge is 0.530 e. The van der Waals surface area contributed by atoms with Crippen molar-refractivity contribution in [1.82, 2.24) is 4.90 Å². The minimum atomic E-state index is -1.20. The van der Waals surface area contributed by atoms with Crippen molar-refractivity contribution in [2.45, 2.75) is 32.3 Å². The van der Waals surface area contributed by atoms with Gasteiger partial charge in [0.15, 0.2) is 0 Å². The molecule has 1 fully saturated rings. The lowest BCUT2D eigenvalue weighted by Gasteiger charge is -2.44. The lowest BCUT2D eigenvalue weighted by molar-refractivity contribution is -0.269. The molecule has 1 N–H and O–H groups in total. The lowest BCUT2D eigenvalue weighted by Crippen LogP contribution is -2.54. The molecule has 0 bridgehead atoms. The summed E-state index contributed by atoms with van der Waals surface area (Å²) in [4.78, 5) is 12.3. The Hall–Kier alpha value is -1.07. The molecule has 5 heteroatoms. The number of carbonyl (C=O) groups excluding carboxylic acids is 1. The van der Waals surface area contributed by atoms with E-state index in [4.69, 9.17) is 0 Å². The molecule has 0 saturated carbocycles. The molecule has 1 aromatic rings. The summed E-state index contributed by atoms with van der Waals surface area (Å²) in [5, 5.41) is 21.6. The number of hydrogen-bond donors (Lipinski definition) is 1. The molecular formula is C16H21BrNO3-. The lowest BCUT2D eigenvalue weighted by atomic mass is 9.75. The zero-order valence-electron chi connectivity index (χ0n) is 12.3. The summed E-state index contributed by atoms with van der Waals surface area (Å²) in [5.41, 5.74) is 1.06. The smallest absolute Gasteiger partial charge is 0.137 e. The normalized spacial score (nSPS) is 26.1. The fourth-order valence-electron chi connectivity index (χ4n) is 3.28. The van der Waals surface area contributed by atoms with E-state index in [0.717, 1.165) is 16.5 Å². The van der Waals surface area contributed by atoms with Crippen LogP contribution in [-0.4, -0.2) is 35.3 Å². The zero-order chi connectivity index (χ0) is 15.6. The van der Waals surface area contributed by atoms with Crippen molar-refractivity contribution in [3.63, 3.8) is 0 Å². The highest BCUT2D eigenvalue weighted by atomic mass is 79.9. The molecule has 1 heterocycles. The Morgan fingerprint density at radius 3 is 2.52 bits per heavy atom. The number of aliphatic hydroxyl groups is 1. The molecule has 116 valence electrons. The molecule has 0 aromatic heterocycles.